The Bertz CT molecular complexity index is 664. The summed E-state index contributed by atoms with van der Waals surface area (Å²) in [5.74, 6) is 0.145. The van der Waals surface area contributed by atoms with E-state index in [0.717, 1.165) is 63.6 Å². The second-order valence-corrected chi connectivity index (χ2v) is 8.17. The van der Waals surface area contributed by atoms with Gasteiger partial charge in [-0.3, -0.25) is 4.79 Å². The molecule has 0 radical (unpaired) electrons. The zero-order valence-electron chi connectivity index (χ0n) is 16.3. The van der Waals surface area contributed by atoms with Crippen LogP contribution in [-0.4, -0.2) is 47.6 Å². The second kappa shape index (κ2) is 9.14. The molecule has 1 aromatic carbocycles. The Morgan fingerprint density at radius 1 is 1.07 bits per heavy atom. The Morgan fingerprint density at radius 3 is 2.54 bits per heavy atom. The van der Waals surface area contributed by atoms with Gasteiger partial charge in [0.1, 0.15) is 5.54 Å². The largest absolute Gasteiger partial charge is 0.334 e. The number of hydrogen-bond acceptors (Lipinski definition) is 3. The molecule has 154 valence electrons. The molecule has 4 rings (SSSR count). The monoisotopic (exact) mass is 406 g/mol. The molecule has 3 N–H and O–H groups in total. The molecular weight excluding hydrogens is 376 g/mol. The third-order valence-corrected chi connectivity index (χ3v) is 6.40. The minimum absolute atomic E-state index is 0. The fourth-order valence-electron chi connectivity index (χ4n) is 4.97. The molecular formula is C21H31ClN4O2. The van der Waals surface area contributed by atoms with Crippen molar-refractivity contribution >= 4 is 24.3 Å². The van der Waals surface area contributed by atoms with Crippen LogP contribution in [-0.2, 0) is 11.3 Å². The van der Waals surface area contributed by atoms with Gasteiger partial charge in [-0.05, 0) is 44.2 Å². The SMILES string of the molecule is Cl.O=C(NCc1ccccc1)NC1(C(=O)N2C3CCNCC2CC3)CCCC1. The number of carbonyl (C=O) groups excluding carboxylic acids is 2. The molecule has 3 aliphatic rings. The number of rotatable bonds is 4. The minimum atomic E-state index is -0.730. The molecule has 1 aromatic rings. The van der Waals surface area contributed by atoms with Crippen LogP contribution in [0.1, 0.15) is 50.5 Å². The second-order valence-electron chi connectivity index (χ2n) is 8.17. The van der Waals surface area contributed by atoms with Crippen LogP contribution in [0.4, 0.5) is 4.79 Å². The molecule has 2 atom stereocenters. The van der Waals surface area contributed by atoms with Crippen LogP contribution >= 0.6 is 12.4 Å². The lowest BCUT2D eigenvalue weighted by molar-refractivity contribution is -0.140. The number of carbonyl (C=O) groups is 2. The highest BCUT2D eigenvalue weighted by molar-refractivity contribution is 5.92. The lowest BCUT2D eigenvalue weighted by Gasteiger charge is -2.38. The van der Waals surface area contributed by atoms with Crippen LogP contribution in [0, 0.1) is 0 Å². The van der Waals surface area contributed by atoms with E-state index in [1.165, 1.54) is 0 Å². The van der Waals surface area contributed by atoms with Crippen molar-refractivity contribution in [2.24, 2.45) is 0 Å². The van der Waals surface area contributed by atoms with Crippen LogP contribution in [0.2, 0.25) is 0 Å². The first-order chi connectivity index (χ1) is 13.2. The Balaban J connectivity index is 0.00000225. The van der Waals surface area contributed by atoms with Gasteiger partial charge in [0.25, 0.3) is 0 Å². The van der Waals surface area contributed by atoms with E-state index in [-0.39, 0.29) is 30.4 Å². The first kappa shape index (κ1) is 20.9. The molecule has 2 heterocycles. The molecule has 7 heteroatoms. The van der Waals surface area contributed by atoms with E-state index in [9.17, 15) is 9.59 Å². The van der Waals surface area contributed by atoms with Gasteiger partial charge in [-0.25, -0.2) is 4.79 Å². The predicted molar refractivity (Wildman–Crippen MR) is 111 cm³/mol. The molecule has 0 spiro atoms. The summed E-state index contributed by atoms with van der Waals surface area (Å²) in [6, 6.07) is 10.2. The van der Waals surface area contributed by atoms with E-state index in [0.29, 0.717) is 12.6 Å². The normalized spacial score (nSPS) is 25.5. The maximum atomic E-state index is 13.6. The summed E-state index contributed by atoms with van der Waals surface area (Å²) >= 11 is 0. The Labute approximate surface area is 173 Å². The van der Waals surface area contributed by atoms with Gasteiger partial charge in [0.05, 0.1) is 0 Å². The van der Waals surface area contributed by atoms with E-state index in [4.69, 9.17) is 0 Å². The van der Waals surface area contributed by atoms with Crippen molar-refractivity contribution in [1.29, 1.82) is 0 Å². The summed E-state index contributed by atoms with van der Waals surface area (Å²) in [5.41, 5.74) is 0.322. The molecule has 6 nitrogen and oxygen atoms in total. The van der Waals surface area contributed by atoms with Crippen molar-refractivity contribution in [1.82, 2.24) is 20.9 Å². The lowest BCUT2D eigenvalue weighted by Crippen LogP contribution is -2.62. The highest BCUT2D eigenvalue weighted by Gasteiger charge is 2.49. The Morgan fingerprint density at radius 2 is 1.79 bits per heavy atom. The standard InChI is InChI=1S/C21H30N4O2.ClH/c26-19(25-17-8-9-18(25)15-22-13-10-17)21(11-4-5-12-21)24-20(27)23-14-16-6-2-1-3-7-16;/h1-3,6-7,17-18,22H,4-5,8-15H2,(H2,23,24,27);1H. The van der Waals surface area contributed by atoms with Crippen molar-refractivity contribution in [3.8, 4) is 0 Å². The molecule has 28 heavy (non-hydrogen) atoms. The van der Waals surface area contributed by atoms with Gasteiger partial charge in [0, 0.05) is 25.2 Å². The molecule has 2 unspecified atom stereocenters. The summed E-state index contributed by atoms with van der Waals surface area (Å²) < 4.78 is 0. The van der Waals surface area contributed by atoms with E-state index in [1.54, 1.807) is 0 Å². The highest BCUT2D eigenvalue weighted by atomic mass is 35.5. The molecule has 0 aromatic heterocycles. The van der Waals surface area contributed by atoms with Gasteiger partial charge in [0.2, 0.25) is 5.91 Å². The fourth-order valence-corrected chi connectivity index (χ4v) is 4.97. The van der Waals surface area contributed by atoms with Crippen LogP contribution in [0.15, 0.2) is 30.3 Å². The Hall–Kier alpha value is -1.79. The minimum Gasteiger partial charge on any atom is -0.334 e. The van der Waals surface area contributed by atoms with Gasteiger partial charge >= 0.3 is 6.03 Å². The summed E-state index contributed by atoms with van der Waals surface area (Å²) in [7, 11) is 0. The van der Waals surface area contributed by atoms with Crippen molar-refractivity contribution in [2.45, 2.75) is 69.1 Å². The molecule has 3 fully saturated rings. The molecule has 2 bridgehead atoms. The van der Waals surface area contributed by atoms with Crippen LogP contribution in [0.25, 0.3) is 0 Å². The van der Waals surface area contributed by atoms with Crippen molar-refractivity contribution in [3.05, 3.63) is 35.9 Å². The maximum absolute atomic E-state index is 13.6. The summed E-state index contributed by atoms with van der Waals surface area (Å²) in [6.07, 6.45) is 6.65. The van der Waals surface area contributed by atoms with E-state index in [2.05, 4.69) is 20.9 Å². The molecule has 1 saturated carbocycles. The average molecular weight is 407 g/mol. The van der Waals surface area contributed by atoms with Gasteiger partial charge < -0.3 is 20.9 Å². The number of amides is 3. The number of benzene rings is 1. The van der Waals surface area contributed by atoms with Crippen LogP contribution in [0.5, 0.6) is 0 Å². The first-order valence-electron chi connectivity index (χ1n) is 10.3. The molecule has 2 aliphatic heterocycles. The fraction of sp³-hybridized carbons (Fsp3) is 0.619. The number of nitrogens with one attached hydrogen (secondary N) is 3. The average Bonchev–Trinajstić information content (AvgIpc) is 3.24. The highest BCUT2D eigenvalue weighted by Crippen LogP contribution is 2.37. The predicted octanol–water partition coefficient (Wildman–Crippen LogP) is 2.57. The lowest BCUT2D eigenvalue weighted by atomic mass is 9.94. The van der Waals surface area contributed by atoms with Crippen molar-refractivity contribution in [2.75, 3.05) is 13.1 Å². The number of urea groups is 1. The maximum Gasteiger partial charge on any atom is 0.315 e. The molecule has 2 saturated heterocycles. The third kappa shape index (κ3) is 4.28. The van der Waals surface area contributed by atoms with Gasteiger partial charge in [-0.2, -0.15) is 0 Å². The summed E-state index contributed by atoms with van der Waals surface area (Å²) in [6.45, 7) is 2.32. The third-order valence-electron chi connectivity index (χ3n) is 6.40. The smallest absolute Gasteiger partial charge is 0.315 e. The number of halogens is 1. The zero-order chi connectivity index (χ0) is 18.7. The zero-order valence-corrected chi connectivity index (χ0v) is 17.1. The van der Waals surface area contributed by atoms with E-state index < -0.39 is 5.54 Å². The van der Waals surface area contributed by atoms with Gasteiger partial charge in [-0.15, -0.1) is 12.4 Å². The van der Waals surface area contributed by atoms with E-state index >= 15 is 0 Å². The number of fused-ring (bicyclic) bond motifs is 2. The van der Waals surface area contributed by atoms with Crippen molar-refractivity contribution in [3.63, 3.8) is 0 Å². The number of nitrogens with zero attached hydrogens (tertiary/aromatic N) is 1. The van der Waals surface area contributed by atoms with Crippen LogP contribution in [0.3, 0.4) is 0 Å². The first-order valence-corrected chi connectivity index (χ1v) is 10.3. The quantitative estimate of drug-likeness (QED) is 0.719. The summed E-state index contributed by atoms with van der Waals surface area (Å²) in [5, 5.41) is 9.47. The number of hydrogen-bond donors (Lipinski definition) is 3. The van der Waals surface area contributed by atoms with Gasteiger partial charge in [0.15, 0.2) is 0 Å². The molecule has 3 amide bonds. The topological polar surface area (TPSA) is 73.5 Å². The van der Waals surface area contributed by atoms with Crippen molar-refractivity contribution < 1.29 is 9.59 Å². The Kier molecular flexibility index (Phi) is 6.83. The molecule has 1 aliphatic carbocycles. The van der Waals surface area contributed by atoms with Crippen LogP contribution < -0.4 is 16.0 Å². The van der Waals surface area contributed by atoms with Gasteiger partial charge in [-0.1, -0.05) is 43.2 Å². The summed E-state index contributed by atoms with van der Waals surface area (Å²) in [4.78, 5) is 28.3. The van der Waals surface area contributed by atoms with E-state index in [1.807, 2.05) is 30.3 Å².